The van der Waals surface area contributed by atoms with E-state index in [1.54, 1.807) is 18.5 Å². The van der Waals surface area contributed by atoms with Gasteiger partial charge >= 0.3 is 0 Å². The number of rotatable bonds is 2. The molecule has 0 spiro atoms. The van der Waals surface area contributed by atoms with Crippen LogP contribution in [0.5, 0.6) is 0 Å². The summed E-state index contributed by atoms with van der Waals surface area (Å²) in [7, 11) is 0. The Morgan fingerprint density at radius 3 is 2.92 bits per heavy atom. The number of amides is 1. The quantitative estimate of drug-likeness (QED) is 0.630. The number of hydrogen-bond donors (Lipinski definition) is 2. The molecule has 0 aromatic carbocycles. The van der Waals surface area contributed by atoms with Gasteiger partial charge in [-0.2, -0.15) is 0 Å². The number of carbonyl (C=O) groups is 1. The van der Waals surface area contributed by atoms with E-state index in [0.29, 0.717) is 5.95 Å². The fourth-order valence-electron chi connectivity index (χ4n) is 0.980. The summed E-state index contributed by atoms with van der Waals surface area (Å²) < 4.78 is 0. The van der Waals surface area contributed by atoms with Gasteiger partial charge in [-0.15, -0.1) is 0 Å². The molecule has 0 aliphatic carbocycles. The molecule has 0 bridgehead atoms. The molecule has 1 aliphatic heterocycles. The summed E-state index contributed by atoms with van der Waals surface area (Å²) in [6.07, 6.45) is 3.20. The Balaban J connectivity index is 2.02. The third-order valence-electron chi connectivity index (χ3n) is 1.61. The maximum absolute atomic E-state index is 11.0. The minimum Gasteiger partial charge on any atom is -0.340 e. The van der Waals surface area contributed by atoms with Crippen molar-refractivity contribution in [2.75, 3.05) is 11.9 Å². The number of hydroxylamine groups is 1. The zero-order valence-corrected chi connectivity index (χ0v) is 6.73. The lowest BCUT2D eigenvalue weighted by molar-refractivity contribution is -0.124. The van der Waals surface area contributed by atoms with Crippen LogP contribution in [0.4, 0.5) is 5.95 Å². The zero-order chi connectivity index (χ0) is 9.10. The largest absolute Gasteiger partial charge is 0.340 e. The first kappa shape index (κ1) is 7.93. The van der Waals surface area contributed by atoms with Crippen LogP contribution >= 0.6 is 0 Å². The monoisotopic (exact) mass is 180 g/mol. The van der Waals surface area contributed by atoms with Gasteiger partial charge in [-0.1, -0.05) is 0 Å². The highest BCUT2D eigenvalue weighted by Gasteiger charge is 2.25. The van der Waals surface area contributed by atoms with Crippen molar-refractivity contribution in [3.63, 3.8) is 0 Å². The minimum atomic E-state index is -0.401. The number of hydrogen-bond acceptors (Lipinski definition) is 5. The maximum atomic E-state index is 11.0. The predicted molar refractivity (Wildman–Crippen MR) is 43.5 cm³/mol. The second kappa shape index (κ2) is 3.36. The van der Waals surface area contributed by atoms with Crippen LogP contribution in [0.1, 0.15) is 0 Å². The highest BCUT2D eigenvalue weighted by Crippen LogP contribution is 2.02. The van der Waals surface area contributed by atoms with Gasteiger partial charge in [0.15, 0.2) is 0 Å². The van der Waals surface area contributed by atoms with Crippen LogP contribution < -0.4 is 10.8 Å². The lowest BCUT2D eigenvalue weighted by atomic mass is 10.3. The summed E-state index contributed by atoms with van der Waals surface area (Å²) >= 11 is 0. The van der Waals surface area contributed by atoms with Crippen LogP contribution in [-0.4, -0.2) is 28.5 Å². The number of nitrogens with one attached hydrogen (secondary N) is 2. The van der Waals surface area contributed by atoms with E-state index in [0.717, 1.165) is 0 Å². The Hall–Kier alpha value is -1.69. The van der Waals surface area contributed by atoms with Crippen molar-refractivity contribution in [3.8, 4) is 0 Å². The average Bonchev–Trinajstić information content (AvgIpc) is 2.54. The molecule has 1 aliphatic rings. The van der Waals surface area contributed by atoms with Crippen molar-refractivity contribution < 1.29 is 9.63 Å². The van der Waals surface area contributed by atoms with Gasteiger partial charge in [-0.3, -0.25) is 9.63 Å². The van der Waals surface area contributed by atoms with Crippen molar-refractivity contribution in [2.24, 2.45) is 0 Å². The summed E-state index contributed by atoms with van der Waals surface area (Å²) in [4.78, 5) is 23.6. The van der Waals surface area contributed by atoms with Crippen molar-refractivity contribution in [3.05, 3.63) is 18.5 Å². The van der Waals surface area contributed by atoms with Crippen LogP contribution in [0.2, 0.25) is 0 Å². The molecule has 13 heavy (non-hydrogen) atoms. The van der Waals surface area contributed by atoms with Crippen molar-refractivity contribution in [2.45, 2.75) is 6.04 Å². The van der Waals surface area contributed by atoms with E-state index in [4.69, 9.17) is 4.84 Å². The lowest BCUT2D eigenvalue weighted by Crippen LogP contribution is -2.31. The van der Waals surface area contributed by atoms with Gasteiger partial charge in [0.2, 0.25) is 5.95 Å². The van der Waals surface area contributed by atoms with Gasteiger partial charge in [0.1, 0.15) is 12.6 Å². The molecule has 1 atom stereocenters. The second-order valence-corrected chi connectivity index (χ2v) is 2.55. The Kier molecular flexibility index (Phi) is 2.05. The molecular formula is C7H8N4O2. The molecule has 6 heteroatoms. The first-order chi connectivity index (χ1) is 6.36. The van der Waals surface area contributed by atoms with E-state index in [1.165, 1.54) is 0 Å². The minimum absolute atomic E-state index is 0.201. The van der Waals surface area contributed by atoms with Gasteiger partial charge in [-0.25, -0.2) is 15.4 Å². The summed E-state index contributed by atoms with van der Waals surface area (Å²) in [5.41, 5.74) is 2.23. The molecule has 0 radical (unpaired) electrons. The van der Waals surface area contributed by atoms with Crippen LogP contribution in [0.15, 0.2) is 18.5 Å². The molecule has 1 saturated heterocycles. The molecule has 2 N–H and O–H groups in total. The summed E-state index contributed by atoms with van der Waals surface area (Å²) in [6, 6.07) is 1.30. The molecule has 2 heterocycles. The van der Waals surface area contributed by atoms with E-state index in [1.807, 2.05) is 0 Å². The topological polar surface area (TPSA) is 76.1 Å². The summed E-state index contributed by atoms with van der Waals surface area (Å²) in [5.74, 6) is 0.223. The SMILES string of the molecule is O=C1NOC[C@H]1Nc1ncccn1. The molecule has 0 unspecified atom stereocenters. The Morgan fingerprint density at radius 1 is 1.54 bits per heavy atom. The molecule has 1 aromatic heterocycles. The van der Waals surface area contributed by atoms with Gasteiger partial charge < -0.3 is 5.32 Å². The average molecular weight is 180 g/mol. The van der Waals surface area contributed by atoms with E-state index >= 15 is 0 Å². The molecule has 1 aromatic rings. The van der Waals surface area contributed by atoms with Gasteiger partial charge in [0.05, 0.1) is 0 Å². The molecule has 1 amide bonds. The van der Waals surface area contributed by atoms with Crippen LogP contribution in [-0.2, 0) is 9.63 Å². The molecule has 6 nitrogen and oxygen atoms in total. The molecule has 1 fully saturated rings. The first-order valence-electron chi connectivity index (χ1n) is 3.81. The Bertz CT molecular complexity index is 303. The maximum Gasteiger partial charge on any atom is 0.268 e. The second-order valence-electron chi connectivity index (χ2n) is 2.55. The first-order valence-corrected chi connectivity index (χ1v) is 3.81. The van der Waals surface area contributed by atoms with Crippen LogP contribution in [0.25, 0.3) is 0 Å². The normalized spacial score (nSPS) is 21.2. The van der Waals surface area contributed by atoms with E-state index in [9.17, 15) is 4.79 Å². The number of anilines is 1. The van der Waals surface area contributed by atoms with Crippen molar-refractivity contribution >= 4 is 11.9 Å². The van der Waals surface area contributed by atoms with E-state index in [-0.39, 0.29) is 12.5 Å². The molecule has 0 saturated carbocycles. The van der Waals surface area contributed by atoms with Gasteiger partial charge in [0.25, 0.3) is 5.91 Å². The predicted octanol–water partition coefficient (Wildman–Crippen LogP) is -0.682. The third-order valence-corrected chi connectivity index (χ3v) is 1.61. The van der Waals surface area contributed by atoms with E-state index < -0.39 is 6.04 Å². The zero-order valence-electron chi connectivity index (χ0n) is 6.73. The Labute approximate surface area is 74.3 Å². The van der Waals surface area contributed by atoms with E-state index in [2.05, 4.69) is 20.8 Å². The Morgan fingerprint density at radius 2 is 2.31 bits per heavy atom. The number of nitrogens with zero attached hydrogens (tertiary/aromatic N) is 2. The third kappa shape index (κ3) is 1.73. The number of carbonyl (C=O) groups excluding carboxylic acids is 1. The van der Waals surface area contributed by atoms with Crippen LogP contribution in [0.3, 0.4) is 0 Å². The summed E-state index contributed by atoms with van der Waals surface area (Å²) in [6.45, 7) is 0.289. The van der Waals surface area contributed by atoms with Gasteiger partial charge in [-0.05, 0) is 6.07 Å². The van der Waals surface area contributed by atoms with Crippen LogP contribution in [0, 0.1) is 0 Å². The molecular weight excluding hydrogens is 172 g/mol. The highest BCUT2D eigenvalue weighted by molar-refractivity contribution is 5.84. The summed E-state index contributed by atoms with van der Waals surface area (Å²) in [5, 5.41) is 2.83. The van der Waals surface area contributed by atoms with Crippen molar-refractivity contribution in [1.82, 2.24) is 15.4 Å². The molecule has 2 rings (SSSR count). The molecule has 68 valence electrons. The fraction of sp³-hybridized carbons (Fsp3) is 0.286. The number of aromatic nitrogens is 2. The standard InChI is InChI=1S/C7H8N4O2/c12-6-5(4-13-11-6)10-7-8-2-1-3-9-7/h1-3,5H,4H2,(H,11,12)(H,8,9,10)/t5-/m1/s1. The fourth-order valence-corrected chi connectivity index (χ4v) is 0.980. The highest BCUT2D eigenvalue weighted by atomic mass is 16.7. The lowest BCUT2D eigenvalue weighted by Gasteiger charge is -2.06. The van der Waals surface area contributed by atoms with Crippen molar-refractivity contribution in [1.29, 1.82) is 0 Å². The van der Waals surface area contributed by atoms with Gasteiger partial charge in [0, 0.05) is 12.4 Å². The smallest absolute Gasteiger partial charge is 0.268 e.